The van der Waals surface area contributed by atoms with E-state index in [1.165, 1.54) is 11.8 Å². The van der Waals surface area contributed by atoms with Crippen molar-refractivity contribution in [2.45, 2.75) is 0 Å². The molecule has 1 N–H and O–H groups in total. The zero-order valence-corrected chi connectivity index (χ0v) is 15.0. The number of benzene rings is 2. The van der Waals surface area contributed by atoms with E-state index in [1.807, 2.05) is 36.2 Å². The van der Waals surface area contributed by atoms with Gasteiger partial charge in [0.05, 0.1) is 11.4 Å². The molecule has 0 spiro atoms. The summed E-state index contributed by atoms with van der Waals surface area (Å²) in [4.78, 5) is 18.8. The van der Waals surface area contributed by atoms with Crippen LogP contribution in [0.2, 0.25) is 0 Å². The minimum atomic E-state index is -0.116. The van der Waals surface area contributed by atoms with E-state index in [0.29, 0.717) is 17.2 Å². The van der Waals surface area contributed by atoms with Crippen LogP contribution in [0.15, 0.2) is 54.0 Å². The van der Waals surface area contributed by atoms with Gasteiger partial charge in [-0.3, -0.25) is 4.79 Å². The molecule has 2 heterocycles. The minimum Gasteiger partial charge on any atom is -0.454 e. The number of nitrogens with one attached hydrogen (secondary N) is 1. The van der Waals surface area contributed by atoms with E-state index in [-0.39, 0.29) is 18.5 Å². The lowest BCUT2D eigenvalue weighted by atomic mass is 10.1. The van der Waals surface area contributed by atoms with Crippen LogP contribution in [0, 0.1) is 0 Å². The first kappa shape index (κ1) is 16.5. The highest BCUT2D eigenvalue weighted by atomic mass is 32.2. The van der Waals surface area contributed by atoms with Crippen molar-refractivity contribution in [3.8, 4) is 11.5 Å². The number of amidine groups is 1. The third-order valence-corrected chi connectivity index (χ3v) is 5.14. The molecule has 0 aromatic heterocycles. The lowest BCUT2D eigenvalue weighted by molar-refractivity contribution is -0.113. The highest BCUT2D eigenvalue weighted by Crippen LogP contribution is 2.35. The zero-order valence-electron chi connectivity index (χ0n) is 14.2. The van der Waals surface area contributed by atoms with E-state index >= 15 is 0 Å². The lowest BCUT2D eigenvalue weighted by Crippen LogP contribution is -2.26. The van der Waals surface area contributed by atoms with Crippen LogP contribution in [0.1, 0.15) is 5.56 Å². The van der Waals surface area contributed by atoms with Crippen molar-refractivity contribution in [1.82, 2.24) is 4.90 Å². The van der Waals surface area contributed by atoms with Gasteiger partial charge in [0.1, 0.15) is 0 Å². The summed E-state index contributed by atoms with van der Waals surface area (Å²) in [6.45, 7) is 4.33. The highest BCUT2D eigenvalue weighted by Gasteiger charge is 2.21. The van der Waals surface area contributed by atoms with Crippen LogP contribution in [-0.2, 0) is 4.79 Å². The minimum absolute atomic E-state index is 0.116. The van der Waals surface area contributed by atoms with Gasteiger partial charge in [-0.15, -0.1) is 0 Å². The molecule has 0 saturated carbocycles. The van der Waals surface area contributed by atoms with Gasteiger partial charge in [0.15, 0.2) is 16.7 Å². The molecule has 6 nitrogen and oxygen atoms in total. The number of hydrogen-bond acceptors (Lipinski definition) is 6. The molecule has 0 unspecified atom stereocenters. The van der Waals surface area contributed by atoms with Crippen molar-refractivity contribution in [3.63, 3.8) is 0 Å². The molecule has 132 valence electrons. The quantitative estimate of drug-likeness (QED) is 0.896. The molecule has 0 saturated heterocycles. The number of aliphatic imine (C=N–C) groups is 1. The summed E-state index contributed by atoms with van der Waals surface area (Å²) in [5.74, 6) is 1.45. The van der Waals surface area contributed by atoms with Crippen LogP contribution < -0.4 is 14.8 Å². The Morgan fingerprint density at radius 1 is 1.27 bits per heavy atom. The van der Waals surface area contributed by atoms with Gasteiger partial charge < -0.3 is 19.7 Å². The van der Waals surface area contributed by atoms with Crippen molar-refractivity contribution in [1.29, 1.82) is 0 Å². The van der Waals surface area contributed by atoms with Crippen molar-refractivity contribution in [2.75, 3.05) is 24.9 Å². The van der Waals surface area contributed by atoms with Gasteiger partial charge in [-0.2, -0.15) is 0 Å². The van der Waals surface area contributed by atoms with E-state index in [1.54, 1.807) is 18.2 Å². The summed E-state index contributed by atoms with van der Waals surface area (Å²) >= 11 is 1.37. The lowest BCUT2D eigenvalue weighted by Gasteiger charge is -2.28. The molecule has 2 aliphatic heterocycles. The Bertz CT molecular complexity index is 926. The molecule has 2 aromatic rings. The Balaban J connectivity index is 1.41. The first-order valence-corrected chi connectivity index (χ1v) is 9.03. The molecule has 0 bridgehead atoms. The predicted octanol–water partition coefficient (Wildman–Crippen LogP) is 3.69. The van der Waals surface area contributed by atoms with Gasteiger partial charge in [-0.05, 0) is 18.2 Å². The van der Waals surface area contributed by atoms with Crippen LogP contribution in [0.3, 0.4) is 0 Å². The van der Waals surface area contributed by atoms with Crippen LogP contribution in [0.4, 0.5) is 11.4 Å². The Kier molecular flexibility index (Phi) is 4.30. The van der Waals surface area contributed by atoms with Gasteiger partial charge in [-0.1, -0.05) is 36.5 Å². The number of anilines is 1. The van der Waals surface area contributed by atoms with Gasteiger partial charge in [0.2, 0.25) is 12.7 Å². The molecule has 2 aromatic carbocycles. The summed E-state index contributed by atoms with van der Waals surface area (Å²) in [6.07, 6.45) is 0. The molecule has 2 aliphatic rings. The Hall–Kier alpha value is -2.93. The predicted molar refractivity (Wildman–Crippen MR) is 104 cm³/mol. The standard InChI is InChI=1S/C19H17N3O3S/c1-12-14-5-3-4-6-15(14)21-19(22(12)2)26-10-18(23)20-13-7-8-16-17(9-13)25-11-24-16/h3-9H,1,10-11H2,2H3,(H,20,23). The molecule has 0 fully saturated rings. The molecule has 26 heavy (non-hydrogen) atoms. The Labute approximate surface area is 155 Å². The SMILES string of the molecule is C=C1c2ccccc2N=C(SCC(=O)Nc2ccc3c(c2)OCO3)N1C. The number of carbonyl (C=O) groups is 1. The average molecular weight is 367 g/mol. The van der Waals surface area contributed by atoms with Gasteiger partial charge >= 0.3 is 0 Å². The number of thioether (sulfide) groups is 1. The average Bonchev–Trinajstić information content (AvgIpc) is 3.11. The van der Waals surface area contributed by atoms with E-state index < -0.39 is 0 Å². The third-order valence-electron chi connectivity index (χ3n) is 4.11. The van der Waals surface area contributed by atoms with E-state index in [2.05, 4.69) is 16.9 Å². The van der Waals surface area contributed by atoms with Crippen LogP contribution in [0.5, 0.6) is 11.5 Å². The fourth-order valence-corrected chi connectivity index (χ4v) is 3.52. The van der Waals surface area contributed by atoms with Crippen LogP contribution in [0.25, 0.3) is 5.70 Å². The Morgan fingerprint density at radius 2 is 2.08 bits per heavy atom. The summed E-state index contributed by atoms with van der Waals surface area (Å²) in [5.41, 5.74) is 3.42. The monoisotopic (exact) mass is 367 g/mol. The third kappa shape index (κ3) is 3.13. The fraction of sp³-hybridized carbons (Fsp3) is 0.158. The van der Waals surface area contributed by atoms with E-state index in [9.17, 15) is 4.79 Å². The van der Waals surface area contributed by atoms with Gasteiger partial charge in [0.25, 0.3) is 0 Å². The summed E-state index contributed by atoms with van der Waals surface area (Å²) in [6, 6.07) is 13.2. The van der Waals surface area contributed by atoms with Gasteiger partial charge in [-0.25, -0.2) is 4.99 Å². The maximum Gasteiger partial charge on any atom is 0.234 e. The number of carbonyl (C=O) groups excluding carboxylic acids is 1. The summed E-state index contributed by atoms with van der Waals surface area (Å²) in [5, 5.41) is 3.61. The number of para-hydroxylation sites is 1. The second-order valence-corrected chi connectivity index (χ2v) is 6.76. The largest absolute Gasteiger partial charge is 0.454 e. The first-order valence-electron chi connectivity index (χ1n) is 8.05. The molecule has 0 atom stereocenters. The second kappa shape index (κ2) is 6.76. The van der Waals surface area contributed by atoms with E-state index in [4.69, 9.17) is 9.47 Å². The molecule has 7 heteroatoms. The molecule has 0 aliphatic carbocycles. The summed E-state index contributed by atoms with van der Waals surface area (Å²) in [7, 11) is 1.90. The number of amides is 1. The molecular weight excluding hydrogens is 350 g/mol. The number of rotatable bonds is 3. The second-order valence-electron chi connectivity index (χ2n) is 5.82. The number of ether oxygens (including phenoxy) is 2. The van der Waals surface area contributed by atoms with Crippen molar-refractivity contribution >= 4 is 39.9 Å². The topological polar surface area (TPSA) is 63.2 Å². The normalized spacial score (nSPS) is 14.7. The van der Waals surface area contributed by atoms with Crippen molar-refractivity contribution in [2.24, 2.45) is 4.99 Å². The maximum absolute atomic E-state index is 12.3. The highest BCUT2D eigenvalue weighted by molar-refractivity contribution is 8.14. The first-order chi connectivity index (χ1) is 12.6. The zero-order chi connectivity index (χ0) is 18.1. The summed E-state index contributed by atoms with van der Waals surface area (Å²) < 4.78 is 10.6. The van der Waals surface area contributed by atoms with Crippen molar-refractivity contribution in [3.05, 3.63) is 54.6 Å². The smallest absolute Gasteiger partial charge is 0.234 e. The Morgan fingerprint density at radius 3 is 2.96 bits per heavy atom. The van der Waals surface area contributed by atoms with Crippen LogP contribution in [-0.4, -0.2) is 35.6 Å². The van der Waals surface area contributed by atoms with Gasteiger partial charge in [0, 0.05) is 30.1 Å². The molecule has 4 rings (SSSR count). The molecular formula is C19H17N3O3S. The van der Waals surface area contributed by atoms with Crippen LogP contribution >= 0.6 is 11.8 Å². The number of fused-ring (bicyclic) bond motifs is 2. The number of hydrogen-bond donors (Lipinski definition) is 1. The van der Waals surface area contributed by atoms with Crippen molar-refractivity contribution < 1.29 is 14.3 Å². The molecule has 0 radical (unpaired) electrons. The maximum atomic E-state index is 12.3. The number of nitrogens with zero attached hydrogens (tertiary/aromatic N) is 2. The molecule has 1 amide bonds. The van der Waals surface area contributed by atoms with E-state index in [0.717, 1.165) is 22.1 Å². The fourth-order valence-electron chi connectivity index (χ4n) is 2.72.